The van der Waals surface area contributed by atoms with E-state index in [1.54, 1.807) is 24.4 Å². The Bertz CT molecular complexity index is 1600. The van der Waals surface area contributed by atoms with Crippen molar-refractivity contribution in [1.82, 2.24) is 14.9 Å². The summed E-state index contributed by atoms with van der Waals surface area (Å²) >= 11 is 6.30. The van der Waals surface area contributed by atoms with Gasteiger partial charge in [-0.1, -0.05) is 31.2 Å². The number of benzene rings is 3. The van der Waals surface area contributed by atoms with Gasteiger partial charge in [0.25, 0.3) is 0 Å². The van der Waals surface area contributed by atoms with Crippen molar-refractivity contribution in [3.8, 4) is 11.3 Å². The summed E-state index contributed by atoms with van der Waals surface area (Å²) in [5.74, 6) is -0.608. The number of hydrogen-bond donors (Lipinski definition) is 3. The van der Waals surface area contributed by atoms with Crippen LogP contribution in [0.4, 0.5) is 20.4 Å². The van der Waals surface area contributed by atoms with Gasteiger partial charge < -0.3 is 16.0 Å². The zero-order valence-electron chi connectivity index (χ0n) is 20.8. The molecule has 0 spiro atoms. The zero-order chi connectivity index (χ0) is 27.1. The van der Waals surface area contributed by atoms with E-state index in [0.717, 1.165) is 24.2 Å². The molecule has 40 heavy (non-hydrogen) atoms. The number of nitrogens with two attached hydrogens (primary N) is 1. The largest absolute Gasteiger partial charge is 0.355 e. The number of nitrogens with one attached hydrogen (secondary N) is 2. The molecule has 2 aliphatic rings. The topological polar surface area (TPSA) is 103 Å². The summed E-state index contributed by atoms with van der Waals surface area (Å²) in [6.45, 7) is 1.61. The van der Waals surface area contributed by atoms with Gasteiger partial charge in [-0.25, -0.2) is 18.7 Å². The van der Waals surface area contributed by atoms with Crippen molar-refractivity contribution < 1.29 is 8.78 Å². The smallest absolute Gasteiger partial charge is 0.227 e. The van der Waals surface area contributed by atoms with Gasteiger partial charge in [0.1, 0.15) is 17.5 Å². The number of nitrogens with zero attached hydrogens (tertiary/aromatic N) is 4. The van der Waals surface area contributed by atoms with Gasteiger partial charge in [0.05, 0.1) is 23.5 Å². The number of aliphatic imine (C=N–C) groups is 1. The first kappa shape index (κ1) is 27.4. The summed E-state index contributed by atoms with van der Waals surface area (Å²) in [6.07, 6.45) is 2.54. The molecule has 0 radical (unpaired) electrons. The molecule has 1 saturated heterocycles. The molecule has 4 aromatic rings. The summed E-state index contributed by atoms with van der Waals surface area (Å²) in [4.78, 5) is 15.7. The van der Waals surface area contributed by atoms with Crippen LogP contribution in [0.25, 0.3) is 11.3 Å². The van der Waals surface area contributed by atoms with E-state index >= 15 is 0 Å². The van der Waals surface area contributed by atoms with E-state index in [-0.39, 0.29) is 31.3 Å². The fourth-order valence-electron chi connectivity index (χ4n) is 4.94. The van der Waals surface area contributed by atoms with Crippen LogP contribution in [0.15, 0.2) is 71.9 Å². The molecule has 10 heteroatoms. The third kappa shape index (κ3) is 5.17. The van der Waals surface area contributed by atoms with Crippen LogP contribution < -0.4 is 11.1 Å². The van der Waals surface area contributed by atoms with Crippen LogP contribution >= 0.6 is 11.6 Å². The predicted molar refractivity (Wildman–Crippen MR) is 156 cm³/mol. The van der Waals surface area contributed by atoms with Crippen molar-refractivity contribution in [3.63, 3.8) is 0 Å². The molecule has 0 bridgehead atoms. The number of anilines is 2. The molecule has 1 aromatic heterocycles. The number of likely N-dealkylation sites (tertiary alicyclic amines) is 1. The van der Waals surface area contributed by atoms with Gasteiger partial charge in [0.2, 0.25) is 5.95 Å². The van der Waals surface area contributed by atoms with Crippen molar-refractivity contribution in [2.75, 3.05) is 18.4 Å². The van der Waals surface area contributed by atoms with Crippen LogP contribution in [0.3, 0.4) is 0 Å². The molecule has 4 N–H and O–H groups in total. The molecule has 2 aliphatic heterocycles. The number of halogens is 3. The average Bonchev–Trinajstić information content (AvgIpc) is 3.30. The Hall–Kier alpha value is -4.21. The summed E-state index contributed by atoms with van der Waals surface area (Å²) in [7, 11) is 0. The molecule has 3 aromatic carbocycles. The Kier molecular flexibility index (Phi) is 7.60. The van der Waals surface area contributed by atoms with Crippen molar-refractivity contribution in [3.05, 3.63) is 106 Å². The third-order valence-corrected chi connectivity index (χ3v) is 7.15. The molecule has 1 fully saturated rings. The highest BCUT2D eigenvalue weighted by molar-refractivity contribution is 6.31. The lowest BCUT2D eigenvalue weighted by Gasteiger charge is -2.19. The second-order valence-corrected chi connectivity index (χ2v) is 10.0. The Morgan fingerprint density at radius 3 is 2.50 bits per heavy atom. The lowest BCUT2D eigenvalue weighted by atomic mass is 9.95. The minimum atomic E-state index is -0.705. The Morgan fingerprint density at radius 2 is 1.80 bits per heavy atom. The quantitative estimate of drug-likeness (QED) is 0.205. The number of amidine groups is 1. The first-order chi connectivity index (χ1) is 18.9. The molecule has 3 heterocycles. The van der Waals surface area contributed by atoms with E-state index in [9.17, 15) is 8.78 Å². The summed E-state index contributed by atoms with van der Waals surface area (Å²) in [6, 6.07) is 16.4. The first-order valence-corrected chi connectivity index (χ1v) is 12.9. The first-order valence-electron chi connectivity index (χ1n) is 12.5. The molecule has 0 amide bonds. The second kappa shape index (κ2) is 11.1. The van der Waals surface area contributed by atoms with E-state index in [0.29, 0.717) is 45.7 Å². The van der Waals surface area contributed by atoms with Crippen molar-refractivity contribution in [2.45, 2.75) is 26.4 Å². The van der Waals surface area contributed by atoms with E-state index < -0.39 is 11.6 Å². The van der Waals surface area contributed by atoms with Crippen LogP contribution in [0, 0.1) is 17.0 Å². The Morgan fingerprint density at radius 1 is 1.05 bits per heavy atom. The monoisotopic (exact) mass is 559 g/mol. The second-order valence-electron chi connectivity index (χ2n) is 9.56. The Balaban J connectivity index is 0.00000323. The molecule has 0 aliphatic carbocycles. The van der Waals surface area contributed by atoms with Crippen LogP contribution in [-0.4, -0.2) is 45.5 Å². The minimum Gasteiger partial charge on any atom is -0.355 e. The normalized spacial score (nSPS) is 15.8. The van der Waals surface area contributed by atoms with Gasteiger partial charge >= 0.3 is 0 Å². The van der Waals surface area contributed by atoms with E-state index in [1.807, 2.05) is 29.2 Å². The standard InChI is InChI=1S/C29H24ClF2N7.CH4/c30-18-6-9-21-22(12-18)27(25-23(31)2-1-3-24(25)32)35-13-17-14-36-29(38-26(17)21)37-20-7-4-16(5-8-20)28(34)39-11-10-19(33)15-39;/h1-9,12,14,19,34H,10-11,13,15,33H2,(H,36,37,38);1H4. The zero-order valence-corrected chi connectivity index (χ0v) is 21.5. The van der Waals surface area contributed by atoms with Crippen molar-refractivity contribution in [1.29, 1.82) is 5.41 Å². The molecular formula is C30H28ClF2N7. The molecule has 204 valence electrons. The maximum atomic E-state index is 14.8. The van der Waals surface area contributed by atoms with Crippen LogP contribution in [0.2, 0.25) is 5.02 Å². The van der Waals surface area contributed by atoms with Crippen molar-refractivity contribution in [2.24, 2.45) is 10.7 Å². The van der Waals surface area contributed by atoms with Gasteiger partial charge in [0, 0.05) is 58.3 Å². The number of hydrogen-bond acceptors (Lipinski definition) is 6. The lowest BCUT2D eigenvalue weighted by molar-refractivity contribution is 0.507. The predicted octanol–water partition coefficient (Wildman–Crippen LogP) is 6.16. The number of rotatable bonds is 4. The van der Waals surface area contributed by atoms with Gasteiger partial charge in [-0.15, -0.1) is 0 Å². The van der Waals surface area contributed by atoms with E-state index in [1.165, 1.54) is 18.2 Å². The summed E-state index contributed by atoms with van der Waals surface area (Å²) < 4.78 is 29.5. The maximum Gasteiger partial charge on any atom is 0.227 e. The highest BCUT2D eigenvalue weighted by Gasteiger charge is 2.25. The van der Waals surface area contributed by atoms with Gasteiger partial charge in [-0.2, -0.15) is 0 Å². The van der Waals surface area contributed by atoms with E-state index in [2.05, 4.69) is 15.3 Å². The highest BCUT2D eigenvalue weighted by Crippen LogP contribution is 2.34. The average molecular weight is 560 g/mol. The minimum absolute atomic E-state index is 0. The molecule has 1 atom stereocenters. The number of aromatic nitrogens is 2. The molecular weight excluding hydrogens is 532 g/mol. The SMILES string of the molecule is C.N=C(c1ccc(Nc2ncc3c(n2)-c2ccc(Cl)cc2C(c2c(F)cccc2F)=NC3)cc1)N1CCC(N)C1. The molecule has 0 saturated carbocycles. The fourth-order valence-corrected chi connectivity index (χ4v) is 5.11. The fraction of sp³-hybridized carbons (Fsp3) is 0.200. The van der Waals surface area contributed by atoms with Gasteiger partial charge in [-0.05, 0) is 55.0 Å². The number of fused-ring (bicyclic) bond motifs is 3. The third-order valence-electron chi connectivity index (χ3n) is 6.92. The maximum absolute atomic E-state index is 14.8. The Labute approximate surface area is 236 Å². The molecule has 7 nitrogen and oxygen atoms in total. The van der Waals surface area contributed by atoms with E-state index in [4.69, 9.17) is 27.7 Å². The van der Waals surface area contributed by atoms with Gasteiger partial charge in [-0.3, -0.25) is 10.4 Å². The summed E-state index contributed by atoms with van der Waals surface area (Å²) in [5.41, 5.74) is 9.94. The molecule has 1 unspecified atom stereocenters. The van der Waals surface area contributed by atoms with Crippen molar-refractivity contribution >= 4 is 34.8 Å². The molecule has 6 rings (SSSR count). The van der Waals surface area contributed by atoms with Crippen LogP contribution in [0.5, 0.6) is 0 Å². The highest BCUT2D eigenvalue weighted by atomic mass is 35.5. The summed E-state index contributed by atoms with van der Waals surface area (Å²) in [5, 5.41) is 12.1. The van der Waals surface area contributed by atoms with Crippen LogP contribution in [-0.2, 0) is 6.54 Å². The van der Waals surface area contributed by atoms with Gasteiger partial charge in [0.15, 0.2) is 0 Å². The lowest BCUT2D eigenvalue weighted by Crippen LogP contribution is -2.31. The van der Waals surface area contributed by atoms with Crippen LogP contribution in [0.1, 0.15) is 36.1 Å².